The number of piperazine rings is 1. The lowest BCUT2D eigenvalue weighted by atomic mass is 10.2. The van der Waals surface area contributed by atoms with E-state index in [9.17, 15) is 23.6 Å². The first kappa shape index (κ1) is 22.1. The summed E-state index contributed by atoms with van der Waals surface area (Å²) in [5, 5.41) is 16.0. The smallest absolute Gasteiger partial charge is 0.405 e. The molecule has 1 aromatic rings. The SMILES string of the molecule is CC(=O)NCC1CN(c2ccc(N3CCN(C(=O)CNC(=O)O)CC3)c(F)c2)C(=O)N1. The Bertz CT molecular complexity index is 873. The molecule has 0 spiro atoms. The van der Waals surface area contributed by atoms with Crippen LogP contribution in [0.4, 0.5) is 25.4 Å². The van der Waals surface area contributed by atoms with Gasteiger partial charge in [-0.3, -0.25) is 14.5 Å². The van der Waals surface area contributed by atoms with Gasteiger partial charge < -0.3 is 30.9 Å². The first-order chi connectivity index (χ1) is 14.7. The largest absolute Gasteiger partial charge is 0.465 e. The van der Waals surface area contributed by atoms with Crippen molar-refractivity contribution in [2.45, 2.75) is 13.0 Å². The fourth-order valence-corrected chi connectivity index (χ4v) is 3.59. The third-order valence-electron chi connectivity index (χ3n) is 5.18. The zero-order valence-corrected chi connectivity index (χ0v) is 17.1. The fraction of sp³-hybridized carbons (Fsp3) is 0.474. The Balaban J connectivity index is 1.58. The van der Waals surface area contributed by atoms with Gasteiger partial charge in [0.2, 0.25) is 11.8 Å². The summed E-state index contributed by atoms with van der Waals surface area (Å²) < 4.78 is 14.8. The van der Waals surface area contributed by atoms with E-state index in [2.05, 4.69) is 10.6 Å². The molecule has 31 heavy (non-hydrogen) atoms. The lowest BCUT2D eigenvalue weighted by molar-refractivity contribution is -0.130. The van der Waals surface area contributed by atoms with Crippen LogP contribution in [0.1, 0.15) is 6.92 Å². The number of halogens is 1. The number of nitrogens with one attached hydrogen (secondary N) is 3. The summed E-state index contributed by atoms with van der Waals surface area (Å²) in [6.45, 7) is 3.20. The number of amides is 5. The number of urea groups is 1. The molecule has 0 bridgehead atoms. The van der Waals surface area contributed by atoms with Crippen molar-refractivity contribution in [1.82, 2.24) is 20.9 Å². The highest BCUT2D eigenvalue weighted by atomic mass is 19.1. The van der Waals surface area contributed by atoms with Crippen LogP contribution in [-0.2, 0) is 9.59 Å². The number of carbonyl (C=O) groups excluding carboxylic acids is 3. The second-order valence-electron chi connectivity index (χ2n) is 7.36. The average Bonchev–Trinajstić information content (AvgIpc) is 3.11. The number of carbonyl (C=O) groups is 4. The molecule has 5 amide bonds. The number of rotatable bonds is 6. The fourth-order valence-electron chi connectivity index (χ4n) is 3.59. The predicted molar refractivity (Wildman–Crippen MR) is 110 cm³/mol. The summed E-state index contributed by atoms with van der Waals surface area (Å²) in [6, 6.07) is 3.93. The normalized spacial score (nSPS) is 18.6. The molecule has 2 heterocycles. The van der Waals surface area contributed by atoms with Gasteiger partial charge in [0.25, 0.3) is 0 Å². The zero-order valence-electron chi connectivity index (χ0n) is 17.1. The maximum atomic E-state index is 14.8. The van der Waals surface area contributed by atoms with Crippen molar-refractivity contribution >= 4 is 35.3 Å². The van der Waals surface area contributed by atoms with Crippen LogP contribution in [0.3, 0.4) is 0 Å². The van der Waals surface area contributed by atoms with Crippen LogP contribution in [0.25, 0.3) is 0 Å². The third-order valence-corrected chi connectivity index (χ3v) is 5.18. The van der Waals surface area contributed by atoms with Gasteiger partial charge in [-0.05, 0) is 18.2 Å². The first-order valence-corrected chi connectivity index (χ1v) is 9.86. The van der Waals surface area contributed by atoms with E-state index in [-0.39, 0.29) is 30.4 Å². The maximum absolute atomic E-state index is 14.8. The van der Waals surface area contributed by atoms with Gasteiger partial charge >= 0.3 is 12.1 Å². The van der Waals surface area contributed by atoms with Gasteiger partial charge in [0.15, 0.2) is 0 Å². The number of carboxylic acid groups (broad SMARTS) is 1. The van der Waals surface area contributed by atoms with Crippen molar-refractivity contribution in [2.24, 2.45) is 0 Å². The molecule has 1 unspecified atom stereocenters. The van der Waals surface area contributed by atoms with Gasteiger partial charge in [-0.2, -0.15) is 0 Å². The van der Waals surface area contributed by atoms with E-state index in [0.717, 1.165) is 0 Å². The molecule has 11 nitrogen and oxygen atoms in total. The monoisotopic (exact) mass is 436 g/mol. The Morgan fingerprint density at radius 3 is 2.52 bits per heavy atom. The minimum atomic E-state index is -1.26. The van der Waals surface area contributed by atoms with Crippen LogP contribution in [0.2, 0.25) is 0 Å². The second-order valence-corrected chi connectivity index (χ2v) is 7.36. The van der Waals surface area contributed by atoms with Crippen molar-refractivity contribution in [3.8, 4) is 0 Å². The topological polar surface area (TPSA) is 134 Å². The molecule has 0 aliphatic carbocycles. The number of hydrogen-bond acceptors (Lipinski definition) is 5. The zero-order chi connectivity index (χ0) is 22.5. The van der Waals surface area contributed by atoms with Gasteiger partial charge in [-0.1, -0.05) is 0 Å². The molecular formula is C19H25FN6O5. The minimum Gasteiger partial charge on any atom is -0.465 e. The number of hydrogen-bond donors (Lipinski definition) is 4. The van der Waals surface area contributed by atoms with Crippen LogP contribution in [0.15, 0.2) is 18.2 Å². The van der Waals surface area contributed by atoms with Crippen LogP contribution in [0.5, 0.6) is 0 Å². The van der Waals surface area contributed by atoms with Crippen molar-refractivity contribution < 1.29 is 28.7 Å². The summed E-state index contributed by atoms with van der Waals surface area (Å²) >= 11 is 0. The molecule has 1 atom stereocenters. The summed E-state index contributed by atoms with van der Waals surface area (Å²) in [7, 11) is 0. The molecule has 1 aromatic carbocycles. The van der Waals surface area contributed by atoms with Gasteiger partial charge in [0.05, 0.1) is 11.7 Å². The third kappa shape index (κ3) is 5.53. The molecule has 2 aliphatic heterocycles. The van der Waals surface area contributed by atoms with E-state index in [0.29, 0.717) is 50.6 Å². The molecular weight excluding hydrogens is 411 g/mol. The van der Waals surface area contributed by atoms with E-state index < -0.39 is 11.9 Å². The average molecular weight is 436 g/mol. The predicted octanol–water partition coefficient (Wildman–Crippen LogP) is -0.224. The Morgan fingerprint density at radius 1 is 1.19 bits per heavy atom. The summed E-state index contributed by atoms with van der Waals surface area (Å²) in [6.07, 6.45) is -1.26. The van der Waals surface area contributed by atoms with E-state index in [1.165, 1.54) is 22.8 Å². The number of nitrogens with zero attached hydrogens (tertiary/aromatic N) is 3. The maximum Gasteiger partial charge on any atom is 0.405 e. The van der Waals surface area contributed by atoms with Crippen LogP contribution < -0.4 is 25.8 Å². The molecule has 168 valence electrons. The Labute approximate surface area is 178 Å². The second kappa shape index (κ2) is 9.49. The van der Waals surface area contributed by atoms with Gasteiger partial charge in [0.1, 0.15) is 12.4 Å². The van der Waals surface area contributed by atoms with Crippen molar-refractivity contribution in [3.05, 3.63) is 24.0 Å². The lowest BCUT2D eigenvalue weighted by Gasteiger charge is -2.36. The van der Waals surface area contributed by atoms with Crippen LogP contribution >= 0.6 is 0 Å². The lowest BCUT2D eigenvalue weighted by Crippen LogP contribution is -2.51. The van der Waals surface area contributed by atoms with Crippen LogP contribution in [0, 0.1) is 5.82 Å². The van der Waals surface area contributed by atoms with E-state index in [1.807, 2.05) is 5.32 Å². The van der Waals surface area contributed by atoms with Gasteiger partial charge in [-0.15, -0.1) is 0 Å². The van der Waals surface area contributed by atoms with Crippen LogP contribution in [-0.4, -0.2) is 85.8 Å². The Morgan fingerprint density at radius 2 is 1.90 bits per heavy atom. The summed E-state index contributed by atoms with van der Waals surface area (Å²) in [5.74, 6) is -1.00. The molecule has 0 saturated carbocycles. The summed E-state index contributed by atoms with van der Waals surface area (Å²) in [4.78, 5) is 50.5. The van der Waals surface area contributed by atoms with Gasteiger partial charge in [-0.25, -0.2) is 14.0 Å². The van der Waals surface area contributed by atoms with Gasteiger partial charge in [0, 0.05) is 51.9 Å². The Hall–Kier alpha value is -3.57. The van der Waals surface area contributed by atoms with E-state index in [1.54, 1.807) is 17.0 Å². The number of anilines is 2. The highest BCUT2D eigenvalue weighted by Gasteiger charge is 2.31. The molecule has 2 fully saturated rings. The summed E-state index contributed by atoms with van der Waals surface area (Å²) in [5.41, 5.74) is 0.784. The molecule has 12 heteroatoms. The molecule has 2 saturated heterocycles. The molecule has 3 rings (SSSR count). The van der Waals surface area contributed by atoms with E-state index in [4.69, 9.17) is 5.11 Å². The quantitative estimate of drug-likeness (QED) is 0.487. The van der Waals surface area contributed by atoms with Crippen molar-refractivity contribution in [2.75, 3.05) is 55.6 Å². The van der Waals surface area contributed by atoms with E-state index >= 15 is 0 Å². The highest BCUT2D eigenvalue weighted by Crippen LogP contribution is 2.27. The highest BCUT2D eigenvalue weighted by molar-refractivity contribution is 5.95. The molecule has 0 radical (unpaired) electrons. The molecule has 2 aliphatic rings. The molecule has 4 N–H and O–H groups in total. The minimum absolute atomic E-state index is 0.192. The Kier molecular flexibility index (Phi) is 6.78. The standard InChI is InChI=1S/C19H25FN6O5/c1-12(27)21-9-13-11-26(18(29)23-13)14-2-3-16(15(20)8-14)24-4-6-25(7-5-24)17(28)10-22-19(30)31/h2-3,8,13,22H,4-7,9-11H2,1H3,(H,21,27)(H,23,29)(H,30,31). The molecule has 0 aromatic heterocycles. The van der Waals surface area contributed by atoms with Crippen molar-refractivity contribution in [3.63, 3.8) is 0 Å². The van der Waals surface area contributed by atoms with Crippen molar-refractivity contribution in [1.29, 1.82) is 0 Å². The number of benzene rings is 1. The first-order valence-electron chi connectivity index (χ1n) is 9.86.